The fourth-order valence-electron chi connectivity index (χ4n) is 2.31. The summed E-state index contributed by atoms with van der Waals surface area (Å²) in [5, 5.41) is 13.1. The first kappa shape index (κ1) is 16.2. The van der Waals surface area contributed by atoms with Crippen LogP contribution >= 0.6 is 11.6 Å². The summed E-state index contributed by atoms with van der Waals surface area (Å²) in [5.41, 5.74) is 8.07. The SMILES string of the molecule is Nc1nc(NCc2ccccc2)nc(-c2c(Cl)cccc2CO)n1. The monoisotopic (exact) mass is 341 g/mol. The van der Waals surface area contributed by atoms with Gasteiger partial charge in [0.15, 0.2) is 5.82 Å². The minimum absolute atomic E-state index is 0.0828. The average molecular weight is 342 g/mol. The summed E-state index contributed by atoms with van der Waals surface area (Å²) in [6, 6.07) is 15.1. The van der Waals surface area contributed by atoms with Crippen molar-refractivity contribution in [2.24, 2.45) is 0 Å². The van der Waals surface area contributed by atoms with Crippen molar-refractivity contribution in [2.75, 3.05) is 11.1 Å². The van der Waals surface area contributed by atoms with Crippen molar-refractivity contribution in [2.45, 2.75) is 13.2 Å². The maximum absolute atomic E-state index is 9.52. The molecule has 7 heteroatoms. The molecular formula is C17H16ClN5O. The number of nitrogen functional groups attached to an aromatic ring is 1. The van der Waals surface area contributed by atoms with Crippen molar-refractivity contribution in [1.29, 1.82) is 0 Å². The van der Waals surface area contributed by atoms with Gasteiger partial charge in [-0.15, -0.1) is 0 Å². The Morgan fingerprint density at radius 3 is 2.54 bits per heavy atom. The van der Waals surface area contributed by atoms with Crippen LogP contribution < -0.4 is 11.1 Å². The molecule has 2 aromatic carbocycles. The minimum atomic E-state index is -0.172. The predicted octanol–water partition coefficient (Wildman–Crippen LogP) is 2.88. The van der Waals surface area contributed by atoms with Crippen LogP contribution in [0.1, 0.15) is 11.1 Å². The average Bonchev–Trinajstić information content (AvgIpc) is 2.60. The fraction of sp³-hybridized carbons (Fsp3) is 0.118. The number of aromatic nitrogens is 3. The Balaban J connectivity index is 1.92. The van der Waals surface area contributed by atoms with Gasteiger partial charge in [-0.25, -0.2) is 0 Å². The van der Waals surface area contributed by atoms with E-state index in [1.54, 1.807) is 18.2 Å². The van der Waals surface area contributed by atoms with Crippen LogP contribution in [-0.2, 0) is 13.2 Å². The quantitative estimate of drug-likeness (QED) is 0.660. The highest BCUT2D eigenvalue weighted by Crippen LogP contribution is 2.29. The molecule has 0 atom stereocenters. The first-order valence-electron chi connectivity index (χ1n) is 7.35. The number of aliphatic hydroxyl groups excluding tert-OH is 1. The zero-order valence-electron chi connectivity index (χ0n) is 12.8. The second kappa shape index (κ2) is 7.25. The summed E-state index contributed by atoms with van der Waals surface area (Å²) in [5.74, 6) is 0.761. The van der Waals surface area contributed by atoms with Crippen LogP contribution in [0.15, 0.2) is 48.5 Å². The van der Waals surface area contributed by atoms with Gasteiger partial charge in [0, 0.05) is 12.1 Å². The third-order valence-electron chi connectivity index (χ3n) is 3.44. The van der Waals surface area contributed by atoms with Gasteiger partial charge in [0.1, 0.15) is 0 Å². The fourth-order valence-corrected chi connectivity index (χ4v) is 2.59. The van der Waals surface area contributed by atoms with E-state index in [0.29, 0.717) is 34.5 Å². The van der Waals surface area contributed by atoms with Crippen LogP contribution in [0.5, 0.6) is 0 Å². The number of rotatable bonds is 5. The minimum Gasteiger partial charge on any atom is -0.392 e. The molecule has 0 saturated heterocycles. The van der Waals surface area contributed by atoms with Crippen LogP contribution in [0.25, 0.3) is 11.4 Å². The standard InChI is InChI=1S/C17H16ClN5O/c18-13-8-4-7-12(10-24)14(13)15-21-16(19)23-17(22-15)20-9-11-5-2-1-3-6-11/h1-8,24H,9-10H2,(H3,19,20,21,22,23). The van der Waals surface area contributed by atoms with Crippen molar-refractivity contribution in [3.8, 4) is 11.4 Å². The maximum Gasteiger partial charge on any atom is 0.228 e. The number of anilines is 2. The van der Waals surface area contributed by atoms with E-state index in [1.807, 2.05) is 30.3 Å². The molecule has 0 unspecified atom stereocenters. The van der Waals surface area contributed by atoms with Gasteiger partial charge < -0.3 is 16.2 Å². The smallest absolute Gasteiger partial charge is 0.228 e. The van der Waals surface area contributed by atoms with Crippen molar-refractivity contribution < 1.29 is 5.11 Å². The molecule has 1 aromatic heterocycles. The first-order valence-corrected chi connectivity index (χ1v) is 7.73. The van der Waals surface area contributed by atoms with E-state index in [2.05, 4.69) is 20.3 Å². The molecule has 0 saturated carbocycles. The van der Waals surface area contributed by atoms with Gasteiger partial charge in [0.25, 0.3) is 0 Å². The molecule has 3 rings (SSSR count). The van der Waals surface area contributed by atoms with Gasteiger partial charge in [-0.1, -0.05) is 54.1 Å². The molecular weight excluding hydrogens is 326 g/mol. The second-order valence-corrected chi connectivity index (χ2v) is 5.52. The lowest BCUT2D eigenvalue weighted by Gasteiger charge is -2.11. The van der Waals surface area contributed by atoms with Crippen LogP contribution in [0.4, 0.5) is 11.9 Å². The van der Waals surface area contributed by atoms with Gasteiger partial charge >= 0.3 is 0 Å². The topological polar surface area (TPSA) is 97.0 Å². The van der Waals surface area contributed by atoms with Gasteiger partial charge in [-0.2, -0.15) is 15.0 Å². The third-order valence-corrected chi connectivity index (χ3v) is 3.75. The molecule has 122 valence electrons. The van der Waals surface area contributed by atoms with Gasteiger partial charge in [0.05, 0.1) is 11.6 Å². The third kappa shape index (κ3) is 3.61. The lowest BCUT2D eigenvalue weighted by molar-refractivity contribution is 0.282. The number of nitrogens with zero attached hydrogens (tertiary/aromatic N) is 3. The van der Waals surface area contributed by atoms with Gasteiger partial charge in [0.2, 0.25) is 11.9 Å². The molecule has 24 heavy (non-hydrogen) atoms. The summed E-state index contributed by atoms with van der Waals surface area (Å²) in [6.45, 7) is 0.382. The number of hydrogen-bond acceptors (Lipinski definition) is 6. The Morgan fingerprint density at radius 2 is 1.79 bits per heavy atom. The van der Waals surface area contributed by atoms with E-state index in [1.165, 1.54) is 0 Å². The van der Waals surface area contributed by atoms with Gasteiger partial charge in [-0.3, -0.25) is 0 Å². The molecule has 1 heterocycles. The number of benzene rings is 2. The molecule has 0 fully saturated rings. The maximum atomic E-state index is 9.52. The van der Waals surface area contributed by atoms with E-state index in [-0.39, 0.29) is 12.6 Å². The van der Waals surface area contributed by atoms with E-state index in [0.717, 1.165) is 5.56 Å². The highest BCUT2D eigenvalue weighted by atomic mass is 35.5. The highest BCUT2D eigenvalue weighted by molar-refractivity contribution is 6.33. The zero-order valence-corrected chi connectivity index (χ0v) is 13.5. The van der Waals surface area contributed by atoms with Crippen LogP contribution in [-0.4, -0.2) is 20.1 Å². The summed E-state index contributed by atoms with van der Waals surface area (Å²) < 4.78 is 0. The predicted molar refractivity (Wildman–Crippen MR) is 94.4 cm³/mol. The molecule has 0 amide bonds. The van der Waals surface area contributed by atoms with E-state index in [9.17, 15) is 5.11 Å². The summed E-state index contributed by atoms with van der Waals surface area (Å²) in [6.07, 6.45) is 0. The van der Waals surface area contributed by atoms with Crippen molar-refractivity contribution in [3.05, 3.63) is 64.7 Å². The molecule has 0 aliphatic carbocycles. The van der Waals surface area contributed by atoms with Crippen molar-refractivity contribution in [3.63, 3.8) is 0 Å². The number of halogens is 1. The lowest BCUT2D eigenvalue weighted by atomic mass is 10.1. The number of hydrogen-bond donors (Lipinski definition) is 3. The summed E-state index contributed by atoms with van der Waals surface area (Å²) in [7, 11) is 0. The van der Waals surface area contributed by atoms with Crippen molar-refractivity contribution >= 4 is 23.5 Å². The summed E-state index contributed by atoms with van der Waals surface area (Å²) >= 11 is 6.25. The number of nitrogens with one attached hydrogen (secondary N) is 1. The highest BCUT2D eigenvalue weighted by Gasteiger charge is 2.14. The first-order chi connectivity index (χ1) is 11.7. The molecule has 0 spiro atoms. The molecule has 4 N–H and O–H groups in total. The van der Waals surface area contributed by atoms with Gasteiger partial charge in [-0.05, 0) is 17.2 Å². The van der Waals surface area contributed by atoms with Crippen LogP contribution in [0, 0.1) is 0 Å². The lowest BCUT2D eigenvalue weighted by Crippen LogP contribution is -2.09. The van der Waals surface area contributed by atoms with E-state index >= 15 is 0 Å². The second-order valence-electron chi connectivity index (χ2n) is 5.11. The zero-order chi connectivity index (χ0) is 16.9. The summed E-state index contributed by atoms with van der Waals surface area (Å²) in [4.78, 5) is 12.6. The molecule has 6 nitrogen and oxygen atoms in total. The number of nitrogens with two attached hydrogens (primary N) is 1. The Kier molecular flexibility index (Phi) is 4.88. The Bertz CT molecular complexity index is 842. The normalized spacial score (nSPS) is 10.6. The van der Waals surface area contributed by atoms with Crippen molar-refractivity contribution in [1.82, 2.24) is 15.0 Å². The van der Waals surface area contributed by atoms with Crippen LogP contribution in [0.3, 0.4) is 0 Å². The van der Waals surface area contributed by atoms with Crippen LogP contribution in [0.2, 0.25) is 5.02 Å². The molecule has 3 aromatic rings. The van der Waals surface area contributed by atoms with E-state index in [4.69, 9.17) is 17.3 Å². The molecule has 0 aliphatic heterocycles. The molecule has 0 radical (unpaired) electrons. The number of aliphatic hydroxyl groups is 1. The largest absolute Gasteiger partial charge is 0.392 e. The molecule has 0 bridgehead atoms. The Labute approximate surface area is 144 Å². The Hall–Kier alpha value is -2.70. The molecule has 0 aliphatic rings. The van der Waals surface area contributed by atoms with E-state index < -0.39 is 0 Å². The Morgan fingerprint density at radius 1 is 1.00 bits per heavy atom.